The van der Waals surface area contributed by atoms with Gasteiger partial charge in [0.1, 0.15) is 15.5 Å². The Balaban J connectivity index is 1.50. The van der Waals surface area contributed by atoms with Crippen LogP contribution in [0.4, 0.5) is 5.00 Å². The molecule has 0 fully saturated rings. The second-order valence-electron chi connectivity index (χ2n) is 6.09. The highest BCUT2D eigenvalue weighted by Crippen LogP contribution is 2.39. The van der Waals surface area contributed by atoms with Gasteiger partial charge in [0, 0.05) is 4.88 Å². The molecule has 28 heavy (non-hydrogen) atoms. The number of fused-ring (bicyclic) bond motifs is 2. The van der Waals surface area contributed by atoms with Crippen molar-refractivity contribution in [3.05, 3.63) is 32.8 Å². The van der Waals surface area contributed by atoms with Crippen LogP contribution in [-0.4, -0.2) is 44.2 Å². The minimum absolute atomic E-state index is 0.0371. The maximum atomic E-state index is 12.5. The maximum absolute atomic E-state index is 12.5. The van der Waals surface area contributed by atoms with Crippen molar-refractivity contribution in [3.8, 4) is 0 Å². The molecule has 9 nitrogen and oxygen atoms in total. The molecule has 0 atom stereocenters. The smallest absolute Gasteiger partial charge is 0.347 e. The van der Waals surface area contributed by atoms with Crippen LogP contribution in [0.2, 0.25) is 0 Å². The van der Waals surface area contributed by atoms with E-state index in [1.807, 2.05) is 0 Å². The highest BCUT2D eigenvalue weighted by atomic mass is 32.2. The van der Waals surface area contributed by atoms with Crippen LogP contribution in [-0.2, 0) is 22.4 Å². The predicted octanol–water partition coefficient (Wildman–Crippen LogP) is 2.10. The molecule has 146 valence electrons. The standard InChI is InChI=1S/C17H17N5O4S2/c1-2-26-16(24)11-8-4-3-5-9(8)28-14(11)20-10(23)6-27-15-12-13(19-7-18-12)21-17(25)22-15/h7H,2-6H2,1H3,(H,20,23)(H2,18,19,21,22,25). The summed E-state index contributed by atoms with van der Waals surface area (Å²) in [5.41, 5.74) is 1.90. The number of aromatic nitrogens is 4. The Morgan fingerprint density at radius 2 is 2.25 bits per heavy atom. The molecule has 0 unspecified atom stereocenters. The average molecular weight is 419 g/mol. The lowest BCUT2D eigenvalue weighted by Gasteiger charge is -2.08. The van der Waals surface area contributed by atoms with E-state index in [9.17, 15) is 14.4 Å². The van der Waals surface area contributed by atoms with Crippen molar-refractivity contribution in [1.82, 2.24) is 19.9 Å². The van der Waals surface area contributed by atoms with Gasteiger partial charge in [-0.2, -0.15) is 4.98 Å². The number of ether oxygens (including phenoxy) is 1. The first kappa shape index (κ1) is 18.7. The number of anilines is 1. The number of aryl methyl sites for hydroxylation is 1. The summed E-state index contributed by atoms with van der Waals surface area (Å²) in [6, 6.07) is 0. The number of nitrogens with one attached hydrogen (secondary N) is 3. The van der Waals surface area contributed by atoms with Gasteiger partial charge in [0.2, 0.25) is 5.91 Å². The molecule has 3 aromatic heterocycles. The molecule has 11 heteroatoms. The van der Waals surface area contributed by atoms with E-state index in [0.29, 0.717) is 26.8 Å². The summed E-state index contributed by atoms with van der Waals surface area (Å²) in [4.78, 5) is 50.9. The van der Waals surface area contributed by atoms with E-state index in [0.717, 1.165) is 41.5 Å². The topological polar surface area (TPSA) is 130 Å². The maximum Gasteiger partial charge on any atom is 0.347 e. The number of H-pyrrole nitrogens is 2. The molecule has 3 aromatic rings. The Morgan fingerprint density at radius 3 is 3.07 bits per heavy atom. The normalized spacial score (nSPS) is 12.9. The van der Waals surface area contributed by atoms with E-state index in [2.05, 4.69) is 25.3 Å². The first-order valence-electron chi connectivity index (χ1n) is 8.74. The summed E-state index contributed by atoms with van der Waals surface area (Å²) in [5, 5.41) is 3.75. The molecular weight excluding hydrogens is 402 g/mol. The molecule has 1 aliphatic rings. The quantitative estimate of drug-likeness (QED) is 0.317. The van der Waals surface area contributed by atoms with Crippen LogP contribution in [0, 0.1) is 0 Å². The summed E-state index contributed by atoms with van der Waals surface area (Å²) in [6.07, 6.45) is 4.18. The molecule has 3 heterocycles. The van der Waals surface area contributed by atoms with Gasteiger partial charge in [0.15, 0.2) is 5.65 Å². The summed E-state index contributed by atoms with van der Waals surface area (Å²) in [7, 11) is 0. The molecule has 1 amide bonds. The Hall–Kier alpha value is -2.66. The van der Waals surface area contributed by atoms with Crippen molar-refractivity contribution in [3.63, 3.8) is 0 Å². The summed E-state index contributed by atoms with van der Waals surface area (Å²) < 4.78 is 5.17. The highest BCUT2D eigenvalue weighted by Gasteiger charge is 2.28. The van der Waals surface area contributed by atoms with E-state index in [1.165, 1.54) is 17.7 Å². The van der Waals surface area contributed by atoms with Crippen molar-refractivity contribution in [2.45, 2.75) is 31.2 Å². The van der Waals surface area contributed by atoms with Crippen LogP contribution >= 0.6 is 23.1 Å². The van der Waals surface area contributed by atoms with E-state index < -0.39 is 11.7 Å². The van der Waals surface area contributed by atoms with Crippen LogP contribution in [0.3, 0.4) is 0 Å². The Kier molecular flexibility index (Phi) is 5.18. The molecule has 0 spiro atoms. The van der Waals surface area contributed by atoms with Gasteiger partial charge < -0.3 is 15.0 Å². The highest BCUT2D eigenvalue weighted by molar-refractivity contribution is 8.00. The molecule has 0 bridgehead atoms. The lowest BCUT2D eigenvalue weighted by Crippen LogP contribution is -2.17. The number of rotatable bonds is 6. The SMILES string of the molecule is CCOC(=O)c1c(NC(=O)CSc2nc(=O)[nH]c3nc[nH]c23)sc2c1CCC2. The fourth-order valence-corrected chi connectivity index (χ4v) is 5.22. The molecule has 0 aromatic carbocycles. The van der Waals surface area contributed by atoms with Crippen LogP contribution in [0.25, 0.3) is 11.2 Å². The first-order valence-corrected chi connectivity index (χ1v) is 10.5. The van der Waals surface area contributed by atoms with Crippen LogP contribution in [0.1, 0.15) is 34.1 Å². The summed E-state index contributed by atoms with van der Waals surface area (Å²) >= 11 is 2.56. The minimum Gasteiger partial charge on any atom is -0.462 e. The predicted molar refractivity (Wildman–Crippen MR) is 106 cm³/mol. The third-order valence-electron chi connectivity index (χ3n) is 4.28. The number of thiophene rings is 1. The van der Waals surface area contributed by atoms with Gasteiger partial charge >= 0.3 is 11.7 Å². The van der Waals surface area contributed by atoms with Gasteiger partial charge in [0.05, 0.1) is 24.3 Å². The van der Waals surface area contributed by atoms with Crippen molar-refractivity contribution in [2.24, 2.45) is 0 Å². The van der Waals surface area contributed by atoms with E-state index in [4.69, 9.17) is 4.74 Å². The van der Waals surface area contributed by atoms with Gasteiger partial charge in [0.25, 0.3) is 0 Å². The third kappa shape index (κ3) is 3.54. The van der Waals surface area contributed by atoms with Crippen LogP contribution in [0.5, 0.6) is 0 Å². The van der Waals surface area contributed by atoms with Gasteiger partial charge in [-0.1, -0.05) is 11.8 Å². The number of imidazole rings is 1. The van der Waals surface area contributed by atoms with Crippen molar-refractivity contribution >= 4 is 51.1 Å². The summed E-state index contributed by atoms with van der Waals surface area (Å²) in [5.74, 6) is -0.652. The van der Waals surface area contributed by atoms with Crippen molar-refractivity contribution < 1.29 is 14.3 Å². The zero-order valence-electron chi connectivity index (χ0n) is 15.0. The number of carbonyl (C=O) groups excluding carboxylic acids is 2. The first-order chi connectivity index (χ1) is 13.6. The van der Waals surface area contributed by atoms with E-state index in [1.54, 1.807) is 6.92 Å². The molecule has 4 rings (SSSR count). The van der Waals surface area contributed by atoms with E-state index >= 15 is 0 Å². The van der Waals surface area contributed by atoms with Crippen molar-refractivity contribution in [1.29, 1.82) is 0 Å². The number of thioether (sulfide) groups is 1. The van der Waals surface area contributed by atoms with Crippen LogP contribution in [0.15, 0.2) is 16.1 Å². The van der Waals surface area contributed by atoms with Gasteiger partial charge in [-0.15, -0.1) is 11.3 Å². The third-order valence-corrected chi connectivity index (χ3v) is 6.46. The van der Waals surface area contributed by atoms with Crippen LogP contribution < -0.4 is 11.0 Å². The second-order valence-corrected chi connectivity index (χ2v) is 8.16. The van der Waals surface area contributed by atoms with E-state index in [-0.39, 0.29) is 18.3 Å². The number of carbonyl (C=O) groups is 2. The fraction of sp³-hybridized carbons (Fsp3) is 0.353. The van der Waals surface area contributed by atoms with Gasteiger partial charge in [-0.05, 0) is 31.7 Å². The second kappa shape index (κ2) is 7.76. The molecule has 0 aliphatic heterocycles. The summed E-state index contributed by atoms with van der Waals surface area (Å²) in [6.45, 7) is 2.03. The number of hydrogen-bond donors (Lipinski definition) is 3. The number of hydrogen-bond acceptors (Lipinski definition) is 8. The van der Waals surface area contributed by atoms with Gasteiger partial charge in [-0.25, -0.2) is 14.6 Å². The number of esters is 1. The molecule has 0 saturated carbocycles. The average Bonchev–Trinajstić information content (AvgIpc) is 3.35. The zero-order valence-corrected chi connectivity index (χ0v) is 16.6. The molecule has 0 saturated heterocycles. The zero-order chi connectivity index (χ0) is 19.7. The molecule has 1 aliphatic carbocycles. The molecule has 0 radical (unpaired) electrons. The Labute approximate surface area is 167 Å². The lowest BCUT2D eigenvalue weighted by atomic mass is 10.1. The molecule has 3 N–H and O–H groups in total. The Morgan fingerprint density at radius 1 is 1.39 bits per heavy atom. The van der Waals surface area contributed by atoms with Crippen molar-refractivity contribution in [2.75, 3.05) is 17.7 Å². The largest absolute Gasteiger partial charge is 0.462 e. The Bertz CT molecular complexity index is 1120. The number of amides is 1. The number of nitrogens with zero attached hydrogens (tertiary/aromatic N) is 2. The molecular formula is C17H17N5O4S2. The lowest BCUT2D eigenvalue weighted by molar-refractivity contribution is -0.113. The fourth-order valence-electron chi connectivity index (χ4n) is 3.14. The van der Waals surface area contributed by atoms with Gasteiger partial charge in [-0.3, -0.25) is 9.78 Å². The number of aromatic amines is 2. The minimum atomic E-state index is -0.526. The monoisotopic (exact) mass is 419 g/mol.